The van der Waals surface area contributed by atoms with Gasteiger partial charge in [-0.05, 0) is 6.42 Å². The van der Waals surface area contributed by atoms with Crippen molar-refractivity contribution in [2.45, 2.75) is 27.2 Å². The van der Waals surface area contributed by atoms with E-state index in [1.807, 2.05) is 6.92 Å². The summed E-state index contributed by atoms with van der Waals surface area (Å²) in [7, 11) is 1.77. The lowest BCUT2D eigenvalue weighted by Crippen LogP contribution is -2.18. The number of hydrogen-bond acceptors (Lipinski definition) is 3. The first kappa shape index (κ1) is 12.2. The van der Waals surface area contributed by atoms with Crippen molar-refractivity contribution in [3.8, 4) is 6.07 Å². The lowest BCUT2D eigenvalue weighted by Gasteiger charge is -2.04. The van der Waals surface area contributed by atoms with E-state index < -0.39 is 0 Å². The van der Waals surface area contributed by atoms with Gasteiger partial charge in [0.15, 0.2) is 5.82 Å². The molecule has 0 aliphatic rings. The highest BCUT2D eigenvalue weighted by molar-refractivity contribution is 5.92. The maximum absolute atomic E-state index is 11.5. The fourth-order valence-corrected chi connectivity index (χ4v) is 1.43. The van der Waals surface area contributed by atoms with E-state index in [0.717, 1.165) is 5.69 Å². The number of aryl methyl sites for hydroxylation is 1. The van der Waals surface area contributed by atoms with Crippen molar-refractivity contribution in [3.05, 3.63) is 11.3 Å². The van der Waals surface area contributed by atoms with Crippen LogP contribution in [0.25, 0.3) is 0 Å². The van der Waals surface area contributed by atoms with E-state index in [2.05, 4.69) is 16.5 Å². The van der Waals surface area contributed by atoms with Crippen LogP contribution in [0.2, 0.25) is 0 Å². The van der Waals surface area contributed by atoms with Gasteiger partial charge in [0, 0.05) is 13.0 Å². The third-order valence-electron chi connectivity index (χ3n) is 2.38. The summed E-state index contributed by atoms with van der Waals surface area (Å²) in [6.07, 6.45) is 0.712. The van der Waals surface area contributed by atoms with Crippen molar-refractivity contribution in [1.29, 1.82) is 5.26 Å². The zero-order valence-corrected chi connectivity index (χ0v) is 10.0. The molecule has 0 saturated carbocycles. The van der Waals surface area contributed by atoms with Crippen molar-refractivity contribution in [1.82, 2.24) is 9.78 Å². The SMILES string of the molecule is CCc1c(C#N)c(NC(=O)C(C)C)nn1C. The topological polar surface area (TPSA) is 70.7 Å². The van der Waals surface area contributed by atoms with Crippen LogP contribution in [0, 0.1) is 17.2 Å². The minimum absolute atomic E-state index is 0.126. The highest BCUT2D eigenvalue weighted by Gasteiger charge is 2.17. The Hall–Kier alpha value is -1.83. The lowest BCUT2D eigenvalue weighted by molar-refractivity contribution is -0.118. The molecule has 5 heteroatoms. The largest absolute Gasteiger partial charge is 0.308 e. The maximum Gasteiger partial charge on any atom is 0.228 e. The van der Waals surface area contributed by atoms with Crippen LogP contribution in [-0.2, 0) is 18.3 Å². The van der Waals surface area contributed by atoms with Crippen LogP contribution in [-0.4, -0.2) is 15.7 Å². The summed E-state index contributed by atoms with van der Waals surface area (Å²) in [6.45, 7) is 5.54. The first-order valence-electron chi connectivity index (χ1n) is 5.28. The van der Waals surface area contributed by atoms with E-state index in [4.69, 9.17) is 5.26 Å². The average Bonchev–Trinajstić information content (AvgIpc) is 2.53. The molecule has 1 N–H and O–H groups in total. The van der Waals surface area contributed by atoms with E-state index in [9.17, 15) is 4.79 Å². The Kier molecular flexibility index (Phi) is 3.67. The second-order valence-electron chi connectivity index (χ2n) is 3.90. The third-order valence-corrected chi connectivity index (χ3v) is 2.38. The zero-order valence-electron chi connectivity index (χ0n) is 10.0. The number of nitriles is 1. The fraction of sp³-hybridized carbons (Fsp3) is 0.545. The third kappa shape index (κ3) is 2.22. The van der Waals surface area contributed by atoms with Gasteiger partial charge in [-0.2, -0.15) is 10.4 Å². The van der Waals surface area contributed by atoms with Crippen LogP contribution in [0.15, 0.2) is 0 Å². The molecule has 86 valence electrons. The smallest absolute Gasteiger partial charge is 0.228 e. The van der Waals surface area contributed by atoms with Crippen LogP contribution in [0.1, 0.15) is 32.0 Å². The van der Waals surface area contributed by atoms with Gasteiger partial charge in [0.05, 0.1) is 5.69 Å². The van der Waals surface area contributed by atoms with Gasteiger partial charge in [-0.15, -0.1) is 0 Å². The molecule has 1 aromatic rings. The Bertz CT molecular complexity index is 440. The minimum atomic E-state index is -0.128. The number of hydrogen-bond donors (Lipinski definition) is 1. The van der Waals surface area contributed by atoms with Gasteiger partial charge in [0.25, 0.3) is 0 Å². The van der Waals surface area contributed by atoms with Crippen LogP contribution < -0.4 is 5.32 Å². The van der Waals surface area contributed by atoms with E-state index in [-0.39, 0.29) is 11.8 Å². The minimum Gasteiger partial charge on any atom is -0.308 e. The summed E-state index contributed by atoms with van der Waals surface area (Å²) < 4.78 is 1.63. The fourth-order valence-electron chi connectivity index (χ4n) is 1.43. The van der Waals surface area contributed by atoms with Gasteiger partial charge in [-0.1, -0.05) is 20.8 Å². The molecule has 5 nitrogen and oxygen atoms in total. The van der Waals surface area contributed by atoms with Crippen LogP contribution >= 0.6 is 0 Å². The summed E-state index contributed by atoms with van der Waals surface area (Å²) >= 11 is 0. The molecule has 1 amide bonds. The van der Waals surface area contributed by atoms with Gasteiger partial charge < -0.3 is 5.32 Å². The van der Waals surface area contributed by atoms with Gasteiger partial charge in [-0.3, -0.25) is 9.48 Å². The predicted molar refractivity (Wildman–Crippen MR) is 60.8 cm³/mol. The van der Waals surface area contributed by atoms with Crippen molar-refractivity contribution in [2.24, 2.45) is 13.0 Å². The van der Waals surface area contributed by atoms with E-state index in [0.29, 0.717) is 17.8 Å². The summed E-state index contributed by atoms with van der Waals surface area (Å²) in [5.74, 6) is 0.108. The number of rotatable bonds is 3. The van der Waals surface area contributed by atoms with Gasteiger partial charge in [0.2, 0.25) is 5.91 Å². The molecule has 1 aromatic heterocycles. The number of anilines is 1. The molecule has 0 aromatic carbocycles. The number of amides is 1. The van der Waals surface area contributed by atoms with Gasteiger partial charge >= 0.3 is 0 Å². The van der Waals surface area contributed by atoms with E-state index in [1.165, 1.54) is 0 Å². The maximum atomic E-state index is 11.5. The first-order chi connectivity index (χ1) is 7.51. The molecule has 16 heavy (non-hydrogen) atoms. The molecule has 0 saturated heterocycles. The molecule has 0 atom stereocenters. The van der Waals surface area contributed by atoms with Crippen molar-refractivity contribution in [2.75, 3.05) is 5.32 Å². The summed E-state index contributed by atoms with van der Waals surface area (Å²) in [4.78, 5) is 11.5. The normalized spacial score (nSPS) is 10.2. The van der Waals surface area contributed by atoms with Crippen LogP contribution in [0.5, 0.6) is 0 Å². The second-order valence-corrected chi connectivity index (χ2v) is 3.90. The van der Waals surface area contributed by atoms with Gasteiger partial charge in [-0.25, -0.2) is 0 Å². The van der Waals surface area contributed by atoms with Crippen LogP contribution in [0.4, 0.5) is 5.82 Å². The summed E-state index contributed by atoms with van der Waals surface area (Å²) in [6, 6.07) is 2.08. The second kappa shape index (κ2) is 4.79. The number of nitrogens with one attached hydrogen (secondary N) is 1. The molecule has 0 fully saturated rings. The van der Waals surface area contributed by atoms with Crippen molar-refractivity contribution < 1.29 is 4.79 Å². The molecule has 0 aliphatic heterocycles. The summed E-state index contributed by atoms with van der Waals surface area (Å²) in [5, 5.41) is 15.8. The number of carbonyl (C=O) groups excluding carboxylic acids is 1. The lowest BCUT2D eigenvalue weighted by atomic mass is 10.2. The molecule has 0 unspecified atom stereocenters. The van der Waals surface area contributed by atoms with Crippen LogP contribution in [0.3, 0.4) is 0 Å². The predicted octanol–water partition coefficient (Wildman–Crippen LogP) is 1.45. The van der Waals surface area contributed by atoms with E-state index >= 15 is 0 Å². The van der Waals surface area contributed by atoms with Crippen molar-refractivity contribution in [3.63, 3.8) is 0 Å². The molecule has 0 aliphatic carbocycles. The molecule has 0 bridgehead atoms. The Labute approximate surface area is 95.1 Å². The van der Waals surface area contributed by atoms with E-state index in [1.54, 1.807) is 25.6 Å². The molecular formula is C11H16N4O. The molecule has 0 spiro atoms. The molecular weight excluding hydrogens is 204 g/mol. The Balaban J connectivity index is 3.07. The quantitative estimate of drug-likeness (QED) is 0.838. The zero-order chi connectivity index (χ0) is 12.3. The average molecular weight is 220 g/mol. The molecule has 1 rings (SSSR count). The number of nitrogens with zero attached hydrogens (tertiary/aromatic N) is 3. The standard InChI is InChI=1S/C11H16N4O/c1-5-9-8(6-12)10(14-15(9)4)13-11(16)7(2)3/h7H,5H2,1-4H3,(H,13,14,16). The summed E-state index contributed by atoms with van der Waals surface area (Å²) in [5.41, 5.74) is 1.29. The van der Waals surface area contributed by atoms with Gasteiger partial charge in [0.1, 0.15) is 11.6 Å². The molecule has 0 radical (unpaired) electrons. The molecule has 1 heterocycles. The van der Waals surface area contributed by atoms with Crippen molar-refractivity contribution >= 4 is 11.7 Å². The first-order valence-corrected chi connectivity index (χ1v) is 5.28. The Morgan fingerprint density at radius 3 is 2.69 bits per heavy atom. The highest BCUT2D eigenvalue weighted by Crippen LogP contribution is 2.18. The number of carbonyl (C=O) groups is 1. The Morgan fingerprint density at radius 1 is 1.62 bits per heavy atom. The monoisotopic (exact) mass is 220 g/mol. The highest BCUT2D eigenvalue weighted by atomic mass is 16.1. The Morgan fingerprint density at radius 2 is 2.25 bits per heavy atom. The number of aromatic nitrogens is 2.